The van der Waals surface area contributed by atoms with E-state index in [1.807, 2.05) is 12.1 Å². The van der Waals surface area contributed by atoms with Crippen LogP contribution in [0, 0.1) is 3.57 Å². The number of hydrogen-bond donors (Lipinski definition) is 2. The van der Waals surface area contributed by atoms with E-state index in [-0.39, 0.29) is 5.95 Å². The Kier molecular flexibility index (Phi) is 6.89. The lowest BCUT2D eigenvalue weighted by Gasteiger charge is -2.15. The fraction of sp³-hybridized carbons (Fsp3) is 0.412. The Hall–Kier alpha value is -1.77. The molecule has 0 amide bonds. The molecule has 0 radical (unpaired) electrons. The van der Waals surface area contributed by atoms with Crippen LogP contribution in [0.15, 0.2) is 18.3 Å². The summed E-state index contributed by atoms with van der Waals surface area (Å²) in [6.45, 7) is 5.49. The lowest BCUT2D eigenvalue weighted by Crippen LogP contribution is -2.06. The number of nitrogens with zero attached hydrogens (tertiary/aromatic N) is 2. The van der Waals surface area contributed by atoms with E-state index in [2.05, 4.69) is 46.4 Å². The molecule has 0 fully saturated rings. The summed E-state index contributed by atoms with van der Waals surface area (Å²) in [4.78, 5) is 8.03. The van der Waals surface area contributed by atoms with E-state index in [0.29, 0.717) is 25.5 Å². The van der Waals surface area contributed by atoms with Crippen LogP contribution in [0.3, 0.4) is 0 Å². The molecule has 0 unspecified atom stereocenters. The van der Waals surface area contributed by atoms with Crippen LogP contribution >= 0.6 is 22.6 Å². The zero-order valence-electron chi connectivity index (χ0n) is 14.0. The van der Waals surface area contributed by atoms with Crippen molar-refractivity contribution in [3.8, 4) is 11.5 Å². The summed E-state index contributed by atoms with van der Waals surface area (Å²) in [5.41, 5.74) is 13.4. The minimum atomic E-state index is 0.179. The highest BCUT2D eigenvalue weighted by Gasteiger charge is 2.13. The summed E-state index contributed by atoms with van der Waals surface area (Å²) in [5.74, 6) is 2.23. The highest BCUT2D eigenvalue weighted by Crippen LogP contribution is 2.33. The number of nitrogens with two attached hydrogens (primary N) is 2. The van der Waals surface area contributed by atoms with Crippen LogP contribution in [-0.4, -0.2) is 23.2 Å². The molecule has 0 aliphatic rings. The number of halogens is 1. The van der Waals surface area contributed by atoms with Crippen molar-refractivity contribution in [3.05, 3.63) is 33.0 Å². The third-order valence-corrected chi connectivity index (χ3v) is 4.36. The maximum absolute atomic E-state index is 5.94. The second-order valence-electron chi connectivity index (χ2n) is 5.42. The average molecular weight is 442 g/mol. The van der Waals surface area contributed by atoms with Crippen LogP contribution in [0.2, 0.25) is 0 Å². The molecule has 1 aromatic carbocycles. The van der Waals surface area contributed by atoms with Gasteiger partial charge < -0.3 is 20.9 Å². The van der Waals surface area contributed by atoms with E-state index in [1.54, 1.807) is 6.20 Å². The van der Waals surface area contributed by atoms with Gasteiger partial charge in [0.25, 0.3) is 0 Å². The summed E-state index contributed by atoms with van der Waals surface area (Å²) in [6, 6.07) is 4.04. The van der Waals surface area contributed by atoms with Crippen molar-refractivity contribution in [3.63, 3.8) is 0 Å². The van der Waals surface area contributed by atoms with Crippen molar-refractivity contribution in [1.29, 1.82) is 0 Å². The van der Waals surface area contributed by atoms with Gasteiger partial charge in [0.1, 0.15) is 17.3 Å². The minimum Gasteiger partial charge on any atom is -0.492 e. The van der Waals surface area contributed by atoms with Crippen molar-refractivity contribution < 1.29 is 9.47 Å². The second-order valence-corrected chi connectivity index (χ2v) is 6.50. The summed E-state index contributed by atoms with van der Waals surface area (Å²) >= 11 is 2.26. The van der Waals surface area contributed by atoms with Gasteiger partial charge in [-0.05, 0) is 53.1 Å². The highest BCUT2D eigenvalue weighted by molar-refractivity contribution is 14.1. The molecular formula is C17H23IN4O2. The molecule has 0 aliphatic heterocycles. The van der Waals surface area contributed by atoms with Gasteiger partial charge in [0, 0.05) is 18.2 Å². The molecule has 24 heavy (non-hydrogen) atoms. The first-order valence-electron chi connectivity index (χ1n) is 8.00. The van der Waals surface area contributed by atoms with Crippen LogP contribution < -0.4 is 20.9 Å². The summed E-state index contributed by atoms with van der Waals surface area (Å²) < 4.78 is 12.7. The Morgan fingerprint density at radius 3 is 2.12 bits per heavy atom. The van der Waals surface area contributed by atoms with Gasteiger partial charge in [0.2, 0.25) is 5.95 Å². The van der Waals surface area contributed by atoms with Crippen molar-refractivity contribution in [2.75, 3.05) is 24.7 Å². The van der Waals surface area contributed by atoms with Gasteiger partial charge in [-0.2, -0.15) is 4.98 Å². The first-order chi connectivity index (χ1) is 11.5. The molecule has 130 valence electrons. The number of ether oxygens (including phenoxy) is 2. The number of aromatic nitrogens is 2. The molecule has 0 aliphatic carbocycles. The number of rotatable bonds is 8. The Balaban J connectivity index is 2.33. The number of hydrogen-bond acceptors (Lipinski definition) is 6. The van der Waals surface area contributed by atoms with Crippen molar-refractivity contribution in [2.24, 2.45) is 0 Å². The number of anilines is 2. The average Bonchev–Trinajstić information content (AvgIpc) is 2.56. The summed E-state index contributed by atoms with van der Waals surface area (Å²) in [6.07, 6.45) is 4.15. The molecule has 6 nitrogen and oxygen atoms in total. The van der Waals surface area contributed by atoms with Gasteiger partial charge in [-0.15, -0.1) is 0 Å². The normalized spacial score (nSPS) is 10.6. The maximum atomic E-state index is 5.94. The molecule has 0 saturated heterocycles. The van der Waals surface area contributed by atoms with Crippen molar-refractivity contribution in [1.82, 2.24) is 9.97 Å². The minimum absolute atomic E-state index is 0.179. The molecule has 0 bridgehead atoms. The SMILES string of the molecule is CCCOc1cc(Cc2cnc(N)nc2N)cc(OCCC)c1I. The van der Waals surface area contributed by atoms with Crippen LogP contribution in [-0.2, 0) is 6.42 Å². The Bertz CT molecular complexity index is 665. The van der Waals surface area contributed by atoms with E-state index in [0.717, 1.165) is 39.0 Å². The molecule has 1 heterocycles. The third kappa shape index (κ3) is 4.86. The topological polar surface area (TPSA) is 96.3 Å². The molecule has 4 N–H and O–H groups in total. The summed E-state index contributed by atoms with van der Waals surface area (Å²) in [7, 11) is 0. The Labute approximate surface area is 156 Å². The Morgan fingerprint density at radius 1 is 1.04 bits per heavy atom. The van der Waals surface area contributed by atoms with Crippen LogP contribution in [0.1, 0.15) is 37.8 Å². The molecule has 2 aromatic rings. The standard InChI is InChI=1S/C17H23IN4O2/c1-3-5-23-13-8-11(9-14(15(13)18)24-6-4-2)7-12-10-21-17(20)22-16(12)19/h8-10H,3-7H2,1-2H3,(H4,19,20,21,22). The second kappa shape index (κ2) is 8.91. The third-order valence-electron chi connectivity index (χ3n) is 3.30. The zero-order chi connectivity index (χ0) is 17.5. The van der Waals surface area contributed by atoms with E-state index < -0.39 is 0 Å². The molecule has 1 aromatic heterocycles. The monoisotopic (exact) mass is 442 g/mol. The van der Waals surface area contributed by atoms with Crippen LogP contribution in [0.4, 0.5) is 11.8 Å². The lowest BCUT2D eigenvalue weighted by molar-refractivity contribution is 0.297. The van der Waals surface area contributed by atoms with Crippen LogP contribution in [0.5, 0.6) is 11.5 Å². The van der Waals surface area contributed by atoms with Gasteiger partial charge in [-0.3, -0.25) is 0 Å². The smallest absolute Gasteiger partial charge is 0.221 e. The van der Waals surface area contributed by atoms with E-state index >= 15 is 0 Å². The van der Waals surface area contributed by atoms with Gasteiger partial charge in [0.15, 0.2) is 0 Å². The maximum Gasteiger partial charge on any atom is 0.221 e. The van der Waals surface area contributed by atoms with Crippen molar-refractivity contribution in [2.45, 2.75) is 33.1 Å². The fourth-order valence-electron chi connectivity index (χ4n) is 2.15. The molecule has 2 rings (SSSR count). The van der Waals surface area contributed by atoms with E-state index in [4.69, 9.17) is 20.9 Å². The number of nitrogen functional groups attached to an aromatic ring is 2. The largest absolute Gasteiger partial charge is 0.492 e. The predicted molar refractivity (Wildman–Crippen MR) is 104 cm³/mol. The molecule has 0 atom stereocenters. The molecule has 7 heteroatoms. The van der Waals surface area contributed by atoms with E-state index in [1.165, 1.54) is 0 Å². The fourth-order valence-corrected chi connectivity index (χ4v) is 2.78. The zero-order valence-corrected chi connectivity index (χ0v) is 16.2. The van der Waals surface area contributed by atoms with Crippen molar-refractivity contribution >= 4 is 34.4 Å². The Morgan fingerprint density at radius 2 is 1.62 bits per heavy atom. The predicted octanol–water partition coefficient (Wildman–Crippen LogP) is 3.41. The van der Waals surface area contributed by atoms with Crippen LogP contribution in [0.25, 0.3) is 0 Å². The van der Waals surface area contributed by atoms with Gasteiger partial charge in [0.05, 0.1) is 16.8 Å². The van der Waals surface area contributed by atoms with Gasteiger partial charge in [-0.1, -0.05) is 13.8 Å². The number of benzene rings is 1. The molecule has 0 saturated carbocycles. The first kappa shape index (κ1) is 18.6. The summed E-state index contributed by atoms with van der Waals surface area (Å²) in [5, 5.41) is 0. The lowest BCUT2D eigenvalue weighted by atomic mass is 10.1. The van der Waals surface area contributed by atoms with Gasteiger partial charge >= 0.3 is 0 Å². The first-order valence-corrected chi connectivity index (χ1v) is 9.07. The van der Waals surface area contributed by atoms with E-state index in [9.17, 15) is 0 Å². The molecular weight excluding hydrogens is 419 g/mol. The van der Waals surface area contributed by atoms with Gasteiger partial charge in [-0.25, -0.2) is 4.98 Å². The highest BCUT2D eigenvalue weighted by atomic mass is 127. The quantitative estimate of drug-likeness (QED) is 0.609. The molecule has 0 spiro atoms.